The third kappa shape index (κ3) is 5.73. The first-order valence-electron chi connectivity index (χ1n) is 8.79. The van der Waals surface area contributed by atoms with E-state index in [1.165, 1.54) is 24.3 Å². The molecule has 3 rings (SSSR count). The van der Waals surface area contributed by atoms with E-state index in [9.17, 15) is 13.2 Å². The minimum absolute atomic E-state index is 0.167. The van der Waals surface area contributed by atoms with Crippen LogP contribution < -0.4 is 14.8 Å². The zero-order valence-electron chi connectivity index (χ0n) is 15.3. The summed E-state index contributed by atoms with van der Waals surface area (Å²) in [6.07, 6.45) is 0. The number of amides is 1. The van der Waals surface area contributed by atoms with Gasteiger partial charge in [0.05, 0.1) is 16.5 Å². The second-order valence-corrected chi connectivity index (χ2v) is 8.12. The predicted molar refractivity (Wildman–Crippen MR) is 113 cm³/mol. The van der Waals surface area contributed by atoms with E-state index in [-0.39, 0.29) is 17.4 Å². The molecule has 0 aliphatic carbocycles. The van der Waals surface area contributed by atoms with Gasteiger partial charge in [-0.15, -0.1) is 0 Å². The van der Waals surface area contributed by atoms with Crippen LogP contribution in [0.25, 0.3) is 0 Å². The quantitative estimate of drug-likeness (QED) is 0.530. The van der Waals surface area contributed by atoms with Crippen molar-refractivity contribution < 1.29 is 17.9 Å². The van der Waals surface area contributed by atoms with Gasteiger partial charge >= 0.3 is 0 Å². The van der Waals surface area contributed by atoms with Crippen molar-refractivity contribution in [3.63, 3.8) is 0 Å². The standard InChI is InChI=1S/C21H19ClN2O4S/c22-19-8-4-5-9-20(19)28-15-14-23-21(25)16-10-12-17(13-11-16)24-29(26,27)18-6-2-1-3-7-18/h1-13,24H,14-15H2,(H,23,25). The Kier molecular flexibility index (Phi) is 6.74. The van der Waals surface area contributed by atoms with Crippen LogP contribution in [0.4, 0.5) is 5.69 Å². The van der Waals surface area contributed by atoms with Crippen LogP contribution in [0, 0.1) is 0 Å². The van der Waals surface area contributed by atoms with Crippen LogP contribution in [0.15, 0.2) is 83.8 Å². The molecule has 0 saturated carbocycles. The largest absolute Gasteiger partial charge is 0.490 e. The lowest BCUT2D eigenvalue weighted by Gasteiger charge is -2.10. The Balaban J connectivity index is 1.52. The van der Waals surface area contributed by atoms with Gasteiger partial charge in [-0.3, -0.25) is 9.52 Å². The van der Waals surface area contributed by atoms with Gasteiger partial charge in [0.15, 0.2) is 0 Å². The molecule has 0 spiro atoms. The van der Waals surface area contributed by atoms with Gasteiger partial charge in [-0.25, -0.2) is 8.42 Å². The molecule has 0 heterocycles. The summed E-state index contributed by atoms with van der Waals surface area (Å²) >= 11 is 6.00. The van der Waals surface area contributed by atoms with Crippen LogP contribution in [-0.4, -0.2) is 27.5 Å². The minimum Gasteiger partial charge on any atom is -0.490 e. The molecule has 0 aromatic heterocycles. The highest BCUT2D eigenvalue weighted by Crippen LogP contribution is 2.22. The van der Waals surface area contributed by atoms with Crippen molar-refractivity contribution in [2.24, 2.45) is 0 Å². The molecule has 2 N–H and O–H groups in total. The van der Waals surface area contributed by atoms with Crippen LogP contribution >= 0.6 is 11.6 Å². The first-order chi connectivity index (χ1) is 14.0. The Hall–Kier alpha value is -3.03. The van der Waals surface area contributed by atoms with Crippen LogP contribution in [0.1, 0.15) is 10.4 Å². The van der Waals surface area contributed by atoms with Crippen molar-refractivity contribution in [1.82, 2.24) is 5.32 Å². The van der Waals surface area contributed by atoms with E-state index in [0.29, 0.717) is 28.6 Å². The number of nitrogens with one attached hydrogen (secondary N) is 2. The second kappa shape index (κ2) is 9.45. The van der Waals surface area contributed by atoms with Crippen LogP contribution in [-0.2, 0) is 10.0 Å². The summed E-state index contributed by atoms with van der Waals surface area (Å²) in [7, 11) is -3.67. The van der Waals surface area contributed by atoms with Gasteiger partial charge < -0.3 is 10.1 Å². The van der Waals surface area contributed by atoms with E-state index in [1.807, 2.05) is 6.07 Å². The van der Waals surface area contributed by atoms with Crippen LogP contribution in [0.2, 0.25) is 5.02 Å². The zero-order chi connectivity index (χ0) is 20.7. The SMILES string of the molecule is O=C(NCCOc1ccccc1Cl)c1ccc(NS(=O)(=O)c2ccccc2)cc1. The number of ether oxygens (including phenoxy) is 1. The van der Waals surface area contributed by atoms with Crippen molar-refractivity contribution in [1.29, 1.82) is 0 Å². The number of sulfonamides is 1. The average Bonchev–Trinajstić information content (AvgIpc) is 2.73. The smallest absolute Gasteiger partial charge is 0.261 e. The lowest BCUT2D eigenvalue weighted by Crippen LogP contribution is -2.28. The molecule has 0 saturated heterocycles. The Morgan fingerprint density at radius 2 is 1.55 bits per heavy atom. The lowest BCUT2D eigenvalue weighted by molar-refractivity contribution is 0.0947. The van der Waals surface area contributed by atoms with E-state index in [1.54, 1.807) is 48.5 Å². The van der Waals surface area contributed by atoms with Gasteiger partial charge in [-0.05, 0) is 48.5 Å². The number of rotatable bonds is 8. The first-order valence-corrected chi connectivity index (χ1v) is 10.7. The highest BCUT2D eigenvalue weighted by atomic mass is 35.5. The van der Waals surface area contributed by atoms with E-state index < -0.39 is 10.0 Å². The van der Waals surface area contributed by atoms with E-state index >= 15 is 0 Å². The number of para-hydroxylation sites is 1. The molecule has 0 unspecified atom stereocenters. The van der Waals surface area contributed by atoms with Gasteiger partial charge in [-0.1, -0.05) is 41.9 Å². The summed E-state index contributed by atoms with van der Waals surface area (Å²) in [5.74, 6) is 0.267. The number of hydrogen-bond acceptors (Lipinski definition) is 4. The number of hydrogen-bond donors (Lipinski definition) is 2. The van der Waals surface area contributed by atoms with Gasteiger partial charge in [0, 0.05) is 11.3 Å². The Bertz CT molecular complexity index is 1070. The predicted octanol–water partition coefficient (Wildman–Crippen LogP) is 3.95. The molecule has 3 aromatic carbocycles. The molecule has 6 nitrogen and oxygen atoms in total. The van der Waals surface area contributed by atoms with Gasteiger partial charge in [-0.2, -0.15) is 0 Å². The normalized spacial score (nSPS) is 10.9. The third-order valence-corrected chi connectivity index (χ3v) is 5.64. The molecule has 0 bridgehead atoms. The molecule has 0 aliphatic heterocycles. The zero-order valence-corrected chi connectivity index (χ0v) is 16.9. The fraction of sp³-hybridized carbons (Fsp3) is 0.0952. The van der Waals surface area contributed by atoms with Crippen molar-refractivity contribution in [2.45, 2.75) is 4.90 Å². The van der Waals surface area contributed by atoms with Crippen molar-refractivity contribution in [2.75, 3.05) is 17.9 Å². The van der Waals surface area contributed by atoms with Crippen molar-refractivity contribution in [3.05, 3.63) is 89.4 Å². The monoisotopic (exact) mass is 430 g/mol. The minimum atomic E-state index is -3.67. The summed E-state index contributed by atoms with van der Waals surface area (Å²) in [4.78, 5) is 12.4. The summed E-state index contributed by atoms with van der Waals surface area (Å²) < 4.78 is 32.6. The third-order valence-electron chi connectivity index (χ3n) is 3.93. The molecular weight excluding hydrogens is 412 g/mol. The highest BCUT2D eigenvalue weighted by Gasteiger charge is 2.13. The van der Waals surface area contributed by atoms with E-state index in [0.717, 1.165) is 0 Å². The number of halogens is 1. The molecular formula is C21H19ClN2O4S. The molecule has 1 amide bonds. The van der Waals surface area contributed by atoms with Crippen molar-refractivity contribution in [3.8, 4) is 5.75 Å². The lowest BCUT2D eigenvalue weighted by atomic mass is 10.2. The molecule has 3 aromatic rings. The van der Waals surface area contributed by atoms with Gasteiger partial charge in [0.1, 0.15) is 12.4 Å². The number of carbonyl (C=O) groups excluding carboxylic acids is 1. The average molecular weight is 431 g/mol. The van der Waals surface area contributed by atoms with Crippen LogP contribution in [0.5, 0.6) is 5.75 Å². The summed E-state index contributed by atoms with van der Waals surface area (Å²) in [5, 5.41) is 3.24. The molecule has 8 heteroatoms. The molecule has 0 fully saturated rings. The maximum atomic E-state index is 12.3. The van der Waals surface area contributed by atoms with Crippen molar-refractivity contribution >= 4 is 33.2 Å². The first kappa shape index (κ1) is 20.7. The summed E-state index contributed by atoms with van der Waals surface area (Å²) in [5.41, 5.74) is 0.776. The molecule has 0 atom stereocenters. The van der Waals surface area contributed by atoms with E-state index in [4.69, 9.17) is 16.3 Å². The summed E-state index contributed by atoms with van der Waals surface area (Å²) in [6.45, 7) is 0.566. The molecule has 150 valence electrons. The molecule has 29 heavy (non-hydrogen) atoms. The topological polar surface area (TPSA) is 84.5 Å². The highest BCUT2D eigenvalue weighted by molar-refractivity contribution is 7.92. The Labute approximate surface area is 174 Å². The molecule has 0 radical (unpaired) electrons. The number of carbonyl (C=O) groups is 1. The number of benzene rings is 3. The Morgan fingerprint density at radius 3 is 2.24 bits per heavy atom. The van der Waals surface area contributed by atoms with Gasteiger partial charge in [0.25, 0.3) is 15.9 Å². The fourth-order valence-electron chi connectivity index (χ4n) is 2.49. The molecule has 0 aliphatic rings. The van der Waals surface area contributed by atoms with Gasteiger partial charge in [0.2, 0.25) is 0 Å². The Morgan fingerprint density at radius 1 is 0.897 bits per heavy atom. The maximum absolute atomic E-state index is 12.3. The summed E-state index contributed by atoms with van der Waals surface area (Å²) in [6, 6.07) is 21.3. The van der Waals surface area contributed by atoms with Crippen LogP contribution in [0.3, 0.4) is 0 Å². The number of anilines is 1. The fourth-order valence-corrected chi connectivity index (χ4v) is 3.76. The maximum Gasteiger partial charge on any atom is 0.261 e. The van der Waals surface area contributed by atoms with E-state index in [2.05, 4.69) is 10.0 Å². The second-order valence-electron chi connectivity index (χ2n) is 6.03.